The van der Waals surface area contributed by atoms with Crippen LogP contribution in [0.1, 0.15) is 24.1 Å². The summed E-state index contributed by atoms with van der Waals surface area (Å²) in [5.41, 5.74) is 5.07. The van der Waals surface area contributed by atoms with Crippen LogP contribution in [-0.2, 0) is 16.0 Å². The van der Waals surface area contributed by atoms with Crippen LogP contribution in [0.3, 0.4) is 0 Å². The first-order chi connectivity index (χ1) is 17.0. The van der Waals surface area contributed by atoms with Crippen LogP contribution in [0.15, 0.2) is 85.1 Å². The van der Waals surface area contributed by atoms with Gasteiger partial charge in [-0.05, 0) is 35.2 Å². The third-order valence-corrected chi connectivity index (χ3v) is 6.40. The van der Waals surface area contributed by atoms with Crippen LogP contribution >= 0.6 is 0 Å². The van der Waals surface area contributed by atoms with Crippen LogP contribution < -0.4 is 10.6 Å². The Hall–Kier alpha value is -4.39. The van der Waals surface area contributed by atoms with E-state index in [4.69, 9.17) is 0 Å². The molecule has 176 valence electrons. The van der Waals surface area contributed by atoms with Crippen LogP contribution in [0, 0.1) is 0 Å². The summed E-state index contributed by atoms with van der Waals surface area (Å²) in [6.07, 6.45) is 2.21. The number of aromatic amines is 1. The van der Waals surface area contributed by atoms with Crippen molar-refractivity contribution in [1.29, 1.82) is 0 Å². The van der Waals surface area contributed by atoms with Gasteiger partial charge in [-0.1, -0.05) is 72.8 Å². The van der Waals surface area contributed by atoms with Crippen molar-refractivity contribution in [3.63, 3.8) is 0 Å². The normalized spacial score (nSPS) is 16.4. The number of para-hydroxylation sites is 1. The maximum Gasteiger partial charge on any atom is 0.325 e. The molecule has 3 N–H and O–H groups in total. The first kappa shape index (κ1) is 22.4. The summed E-state index contributed by atoms with van der Waals surface area (Å²) in [6.45, 7) is 1.56. The minimum atomic E-state index is -0.697. The fraction of sp³-hybridized carbons (Fsp3) is 0.179. The lowest BCUT2D eigenvalue weighted by Gasteiger charge is -2.18. The van der Waals surface area contributed by atoms with Crippen molar-refractivity contribution in [3.8, 4) is 11.1 Å². The molecule has 1 aliphatic heterocycles. The smallest absolute Gasteiger partial charge is 0.325 e. The largest absolute Gasteiger partial charge is 0.361 e. The number of rotatable bonds is 7. The highest BCUT2D eigenvalue weighted by Crippen LogP contribution is 2.23. The van der Waals surface area contributed by atoms with E-state index >= 15 is 0 Å². The molecule has 0 unspecified atom stereocenters. The molecule has 1 aliphatic rings. The van der Waals surface area contributed by atoms with Crippen molar-refractivity contribution >= 4 is 28.7 Å². The second kappa shape index (κ2) is 9.46. The number of aromatic nitrogens is 1. The van der Waals surface area contributed by atoms with Gasteiger partial charge in [0.1, 0.15) is 12.6 Å². The van der Waals surface area contributed by atoms with E-state index in [1.54, 1.807) is 0 Å². The standard InChI is InChI=1S/C28H26N4O3/c1-18(19-11-13-21(14-12-19)20-7-3-2-4-8-20)30-26(33)17-32-27(34)25(31-28(32)35)15-22-16-29-24-10-6-5-9-23(22)24/h2-14,16,18,25,29H,15,17H2,1H3,(H,30,33)(H,31,35)/t18-,25+/m0/s1. The van der Waals surface area contributed by atoms with Crippen molar-refractivity contribution < 1.29 is 14.4 Å². The van der Waals surface area contributed by atoms with Crippen molar-refractivity contribution in [2.75, 3.05) is 6.54 Å². The molecule has 7 nitrogen and oxygen atoms in total. The Kier molecular flexibility index (Phi) is 6.06. The third kappa shape index (κ3) is 4.66. The maximum atomic E-state index is 12.9. The summed E-state index contributed by atoms with van der Waals surface area (Å²) in [4.78, 5) is 42.2. The average Bonchev–Trinajstić information content (AvgIpc) is 3.40. The van der Waals surface area contributed by atoms with Crippen LogP contribution in [-0.4, -0.2) is 40.3 Å². The number of amides is 4. The van der Waals surface area contributed by atoms with Crippen LogP contribution in [0.25, 0.3) is 22.0 Å². The molecule has 0 aliphatic carbocycles. The highest BCUT2D eigenvalue weighted by molar-refractivity contribution is 6.06. The quantitative estimate of drug-likeness (QED) is 0.357. The van der Waals surface area contributed by atoms with Crippen LogP contribution in [0.2, 0.25) is 0 Å². The predicted molar refractivity (Wildman–Crippen MR) is 134 cm³/mol. The minimum Gasteiger partial charge on any atom is -0.361 e. The van der Waals surface area contributed by atoms with Gasteiger partial charge in [0.2, 0.25) is 5.91 Å². The first-order valence-corrected chi connectivity index (χ1v) is 11.6. The lowest BCUT2D eigenvalue weighted by molar-refractivity contribution is -0.132. The van der Waals surface area contributed by atoms with E-state index in [2.05, 4.69) is 15.6 Å². The lowest BCUT2D eigenvalue weighted by atomic mass is 10.0. The Morgan fingerprint density at radius 1 is 0.943 bits per heavy atom. The van der Waals surface area contributed by atoms with Crippen molar-refractivity contribution in [1.82, 2.24) is 20.5 Å². The molecule has 5 rings (SSSR count). The molecule has 0 saturated carbocycles. The summed E-state index contributed by atoms with van der Waals surface area (Å²) < 4.78 is 0. The van der Waals surface area contributed by atoms with Gasteiger partial charge >= 0.3 is 6.03 Å². The molecular formula is C28H26N4O3. The average molecular weight is 467 g/mol. The molecule has 3 aromatic carbocycles. The Labute approximate surface area is 203 Å². The zero-order valence-electron chi connectivity index (χ0n) is 19.3. The SMILES string of the molecule is C[C@H](NC(=O)CN1C(=O)N[C@H](Cc2c[nH]c3ccccc23)C1=O)c1ccc(-c2ccccc2)cc1. The molecule has 2 heterocycles. The Morgan fingerprint density at radius 3 is 2.40 bits per heavy atom. The maximum absolute atomic E-state index is 12.9. The summed E-state index contributed by atoms with van der Waals surface area (Å²) >= 11 is 0. The van der Waals surface area contributed by atoms with Crippen LogP contribution in [0.5, 0.6) is 0 Å². The minimum absolute atomic E-state index is 0.268. The van der Waals surface area contributed by atoms with Gasteiger partial charge in [0, 0.05) is 23.5 Å². The number of carbonyl (C=O) groups is 3. The molecule has 2 atom stereocenters. The van der Waals surface area contributed by atoms with E-state index in [0.717, 1.165) is 38.1 Å². The van der Waals surface area contributed by atoms with E-state index in [1.807, 2.05) is 92.0 Å². The van der Waals surface area contributed by atoms with Gasteiger partial charge in [0.05, 0.1) is 6.04 Å². The number of hydrogen-bond donors (Lipinski definition) is 3. The van der Waals surface area contributed by atoms with E-state index in [9.17, 15) is 14.4 Å². The molecule has 1 aromatic heterocycles. The zero-order valence-corrected chi connectivity index (χ0v) is 19.3. The van der Waals surface area contributed by atoms with Gasteiger partial charge in [-0.3, -0.25) is 14.5 Å². The van der Waals surface area contributed by atoms with E-state index in [0.29, 0.717) is 6.42 Å². The summed E-state index contributed by atoms with van der Waals surface area (Å²) in [5, 5.41) is 6.61. The fourth-order valence-corrected chi connectivity index (χ4v) is 4.49. The van der Waals surface area contributed by atoms with Gasteiger partial charge < -0.3 is 15.6 Å². The predicted octanol–water partition coefficient (Wildman–Crippen LogP) is 4.18. The number of carbonyl (C=O) groups excluding carboxylic acids is 3. The topological polar surface area (TPSA) is 94.3 Å². The Bertz CT molecular complexity index is 1380. The number of nitrogens with zero attached hydrogens (tertiary/aromatic N) is 1. The first-order valence-electron chi connectivity index (χ1n) is 11.6. The second-order valence-corrected chi connectivity index (χ2v) is 8.77. The van der Waals surface area contributed by atoms with E-state index in [1.165, 1.54) is 0 Å². The molecule has 7 heteroatoms. The van der Waals surface area contributed by atoms with E-state index in [-0.39, 0.29) is 18.5 Å². The fourth-order valence-electron chi connectivity index (χ4n) is 4.49. The zero-order chi connectivity index (χ0) is 24.4. The van der Waals surface area contributed by atoms with Gasteiger partial charge in [0.15, 0.2) is 0 Å². The highest BCUT2D eigenvalue weighted by Gasteiger charge is 2.39. The number of H-pyrrole nitrogens is 1. The number of hydrogen-bond acceptors (Lipinski definition) is 3. The molecule has 4 amide bonds. The second-order valence-electron chi connectivity index (χ2n) is 8.77. The molecular weight excluding hydrogens is 440 g/mol. The number of fused-ring (bicyclic) bond motifs is 1. The van der Waals surface area contributed by atoms with Gasteiger partial charge in [0.25, 0.3) is 5.91 Å². The molecule has 4 aromatic rings. The summed E-state index contributed by atoms with van der Waals surface area (Å²) in [6, 6.07) is 24.3. The van der Waals surface area contributed by atoms with Gasteiger partial charge in [-0.2, -0.15) is 0 Å². The third-order valence-electron chi connectivity index (χ3n) is 6.40. The lowest BCUT2D eigenvalue weighted by Crippen LogP contribution is -2.42. The monoisotopic (exact) mass is 466 g/mol. The van der Waals surface area contributed by atoms with Crippen molar-refractivity contribution in [3.05, 3.63) is 96.2 Å². The molecule has 1 saturated heterocycles. The summed E-state index contributed by atoms with van der Waals surface area (Å²) in [5.74, 6) is -0.781. The highest BCUT2D eigenvalue weighted by atomic mass is 16.2. The molecule has 1 fully saturated rings. The molecule has 35 heavy (non-hydrogen) atoms. The molecule has 0 spiro atoms. The number of imide groups is 1. The Balaban J connectivity index is 1.19. The number of nitrogens with one attached hydrogen (secondary N) is 3. The van der Waals surface area contributed by atoms with Crippen molar-refractivity contribution in [2.45, 2.75) is 25.4 Å². The van der Waals surface area contributed by atoms with Gasteiger partial charge in [-0.15, -0.1) is 0 Å². The van der Waals surface area contributed by atoms with E-state index < -0.39 is 18.0 Å². The summed E-state index contributed by atoms with van der Waals surface area (Å²) in [7, 11) is 0. The molecule has 0 bridgehead atoms. The van der Waals surface area contributed by atoms with Gasteiger partial charge in [-0.25, -0.2) is 4.79 Å². The number of benzene rings is 3. The van der Waals surface area contributed by atoms with Crippen molar-refractivity contribution in [2.24, 2.45) is 0 Å². The number of urea groups is 1. The van der Waals surface area contributed by atoms with Crippen LogP contribution in [0.4, 0.5) is 4.79 Å². The molecule has 0 radical (unpaired) electrons. The Morgan fingerprint density at radius 2 is 1.63 bits per heavy atom.